The first-order valence-electron chi connectivity index (χ1n) is 1.60. The fraction of sp³-hybridized carbons (Fsp3) is 0.500. The van der Waals surface area contributed by atoms with Crippen molar-refractivity contribution in [3.63, 3.8) is 0 Å². The van der Waals surface area contributed by atoms with Crippen molar-refractivity contribution in [2.24, 2.45) is 10.4 Å². The molecule has 0 saturated carbocycles. The van der Waals surface area contributed by atoms with Crippen LogP contribution < -0.4 is 0 Å². The third-order valence-electron chi connectivity index (χ3n) is 0.413. The van der Waals surface area contributed by atoms with Gasteiger partial charge in [0.2, 0.25) is 6.73 Å². The van der Waals surface area contributed by atoms with E-state index in [9.17, 15) is 4.79 Å². The SMILES string of the molecule is O=C1OCN=NO1. The molecule has 0 aromatic rings. The zero-order valence-electron chi connectivity index (χ0n) is 3.33. The Kier molecular flexibility index (Phi) is 0.892. The Balaban J connectivity index is 2.47. The van der Waals surface area contributed by atoms with Crippen LogP contribution in [-0.4, -0.2) is 12.9 Å². The van der Waals surface area contributed by atoms with Gasteiger partial charge in [0.05, 0.1) is 0 Å². The van der Waals surface area contributed by atoms with Gasteiger partial charge in [-0.1, -0.05) is 0 Å². The molecule has 0 spiro atoms. The van der Waals surface area contributed by atoms with Crippen LogP contribution in [0.2, 0.25) is 0 Å². The van der Waals surface area contributed by atoms with Gasteiger partial charge in [0, 0.05) is 5.28 Å². The fourth-order valence-corrected chi connectivity index (χ4v) is 0.194. The van der Waals surface area contributed by atoms with Crippen LogP contribution in [0.4, 0.5) is 4.79 Å². The van der Waals surface area contributed by atoms with E-state index in [1.807, 2.05) is 0 Å². The maximum absolute atomic E-state index is 9.86. The van der Waals surface area contributed by atoms with Gasteiger partial charge in [-0.15, -0.1) is 5.11 Å². The largest absolute Gasteiger partial charge is 0.538 e. The van der Waals surface area contributed by atoms with Crippen molar-refractivity contribution in [3.8, 4) is 0 Å². The van der Waals surface area contributed by atoms with Gasteiger partial charge >= 0.3 is 6.16 Å². The van der Waals surface area contributed by atoms with E-state index in [1.54, 1.807) is 0 Å². The lowest BCUT2D eigenvalue weighted by Crippen LogP contribution is -2.07. The highest BCUT2D eigenvalue weighted by atomic mass is 16.8. The molecule has 0 amide bonds. The lowest BCUT2D eigenvalue weighted by molar-refractivity contribution is 0.0238. The molecule has 0 fully saturated rings. The van der Waals surface area contributed by atoms with E-state index in [1.165, 1.54) is 0 Å². The second kappa shape index (κ2) is 1.55. The highest BCUT2D eigenvalue weighted by molar-refractivity contribution is 5.59. The molecule has 7 heavy (non-hydrogen) atoms. The first-order valence-corrected chi connectivity index (χ1v) is 1.60. The van der Waals surface area contributed by atoms with E-state index in [0.29, 0.717) is 0 Å². The van der Waals surface area contributed by atoms with Crippen molar-refractivity contribution in [3.05, 3.63) is 0 Å². The topological polar surface area (TPSA) is 60.2 Å². The predicted molar refractivity (Wildman–Crippen MR) is 17.3 cm³/mol. The number of carbonyl (C=O) groups is 1. The van der Waals surface area contributed by atoms with E-state index in [2.05, 4.69) is 20.0 Å². The van der Waals surface area contributed by atoms with Crippen molar-refractivity contribution in [1.82, 2.24) is 0 Å². The summed E-state index contributed by atoms with van der Waals surface area (Å²) in [6.07, 6.45) is -0.796. The number of ether oxygens (including phenoxy) is 1. The summed E-state index contributed by atoms with van der Waals surface area (Å²) >= 11 is 0. The van der Waals surface area contributed by atoms with Crippen LogP contribution in [0, 0.1) is 0 Å². The molecule has 1 aliphatic rings. The molecule has 0 radical (unpaired) electrons. The third-order valence-corrected chi connectivity index (χ3v) is 0.413. The molecule has 0 saturated heterocycles. The minimum Gasteiger partial charge on any atom is -0.407 e. The summed E-state index contributed by atoms with van der Waals surface area (Å²) in [5.41, 5.74) is 0. The number of rotatable bonds is 0. The summed E-state index contributed by atoms with van der Waals surface area (Å²) in [5.74, 6) is 0. The number of nitrogens with zero attached hydrogens (tertiary/aromatic N) is 2. The molecule has 0 aromatic heterocycles. The van der Waals surface area contributed by atoms with Crippen LogP contribution >= 0.6 is 0 Å². The Morgan fingerprint density at radius 3 is 2.86 bits per heavy atom. The van der Waals surface area contributed by atoms with Crippen molar-refractivity contribution in [2.75, 3.05) is 6.73 Å². The molecular weight excluding hydrogens is 100 g/mol. The van der Waals surface area contributed by atoms with E-state index in [-0.39, 0.29) is 6.73 Å². The summed E-state index contributed by atoms with van der Waals surface area (Å²) in [6, 6.07) is 0. The quantitative estimate of drug-likeness (QED) is 0.418. The van der Waals surface area contributed by atoms with Crippen LogP contribution in [-0.2, 0) is 9.57 Å². The minimum absolute atomic E-state index is 0.0289. The summed E-state index contributed by atoms with van der Waals surface area (Å²) < 4.78 is 4.16. The number of hydrogen-bond acceptors (Lipinski definition) is 5. The normalized spacial score (nSPS) is 18.0. The van der Waals surface area contributed by atoms with Gasteiger partial charge in [-0.3, -0.25) is 4.84 Å². The zero-order chi connectivity index (χ0) is 5.11. The molecular formula is C2H2N2O3. The molecule has 1 heterocycles. The van der Waals surface area contributed by atoms with Crippen molar-refractivity contribution in [1.29, 1.82) is 0 Å². The second-order valence-corrected chi connectivity index (χ2v) is 0.838. The van der Waals surface area contributed by atoms with Crippen LogP contribution in [0.15, 0.2) is 10.4 Å². The number of carbonyl (C=O) groups excluding carboxylic acids is 1. The van der Waals surface area contributed by atoms with Gasteiger partial charge in [-0.25, -0.2) is 4.79 Å². The van der Waals surface area contributed by atoms with Gasteiger partial charge in [-0.2, -0.15) is 0 Å². The molecule has 5 heteroatoms. The summed E-state index contributed by atoms with van der Waals surface area (Å²) in [5, 5.41) is 6.10. The molecule has 0 aliphatic carbocycles. The summed E-state index contributed by atoms with van der Waals surface area (Å²) in [6.45, 7) is -0.0289. The Morgan fingerprint density at radius 1 is 1.71 bits per heavy atom. The summed E-state index contributed by atoms with van der Waals surface area (Å²) in [7, 11) is 0. The van der Waals surface area contributed by atoms with Gasteiger partial charge in [0.1, 0.15) is 0 Å². The minimum atomic E-state index is -0.796. The zero-order valence-corrected chi connectivity index (χ0v) is 3.33. The van der Waals surface area contributed by atoms with E-state index >= 15 is 0 Å². The standard InChI is InChI=1S/C2H2N2O3/c5-2-6-1-3-4-7-2/h1H2. The van der Waals surface area contributed by atoms with Gasteiger partial charge in [-0.05, 0) is 0 Å². The van der Waals surface area contributed by atoms with Crippen LogP contribution in [0.1, 0.15) is 0 Å². The highest BCUT2D eigenvalue weighted by Crippen LogP contribution is 1.93. The maximum atomic E-state index is 9.86. The van der Waals surface area contributed by atoms with Gasteiger partial charge < -0.3 is 4.74 Å². The maximum Gasteiger partial charge on any atom is 0.538 e. The van der Waals surface area contributed by atoms with Crippen molar-refractivity contribution >= 4 is 6.16 Å². The Morgan fingerprint density at radius 2 is 2.57 bits per heavy atom. The Labute approximate surface area is 38.9 Å². The lowest BCUT2D eigenvalue weighted by Gasteiger charge is -1.98. The molecule has 0 atom stereocenters. The first kappa shape index (κ1) is 4.04. The average Bonchev–Trinajstić information content (AvgIpc) is 1.69. The molecule has 38 valence electrons. The van der Waals surface area contributed by atoms with Crippen LogP contribution in [0.25, 0.3) is 0 Å². The lowest BCUT2D eigenvalue weighted by atomic mass is 11.2. The van der Waals surface area contributed by atoms with Crippen LogP contribution in [0.3, 0.4) is 0 Å². The van der Waals surface area contributed by atoms with Gasteiger partial charge in [0.15, 0.2) is 0 Å². The van der Waals surface area contributed by atoms with Crippen molar-refractivity contribution in [2.45, 2.75) is 0 Å². The van der Waals surface area contributed by atoms with Crippen LogP contribution in [0.5, 0.6) is 0 Å². The average molecular weight is 102 g/mol. The second-order valence-electron chi connectivity index (χ2n) is 0.838. The highest BCUT2D eigenvalue weighted by Gasteiger charge is 2.05. The summed E-state index contributed by atoms with van der Waals surface area (Å²) in [4.78, 5) is 13.7. The predicted octanol–water partition coefficient (Wildman–Crippen LogP) is 0.478. The number of hydrogen-bond donors (Lipinski definition) is 0. The smallest absolute Gasteiger partial charge is 0.407 e. The van der Waals surface area contributed by atoms with E-state index in [0.717, 1.165) is 0 Å². The van der Waals surface area contributed by atoms with E-state index in [4.69, 9.17) is 0 Å². The Hall–Kier alpha value is -1.13. The molecule has 0 aromatic carbocycles. The Bertz CT molecular complexity index is 110. The molecule has 1 rings (SSSR count). The molecule has 5 nitrogen and oxygen atoms in total. The van der Waals surface area contributed by atoms with Crippen molar-refractivity contribution < 1.29 is 14.4 Å². The number of cyclic esters (lactones) is 1. The fourth-order valence-electron chi connectivity index (χ4n) is 0.194. The monoisotopic (exact) mass is 102 g/mol. The molecule has 1 aliphatic heterocycles. The molecule has 0 N–H and O–H groups in total. The molecule has 0 unspecified atom stereocenters. The third kappa shape index (κ3) is 0.850. The first-order chi connectivity index (χ1) is 3.39. The van der Waals surface area contributed by atoms with Gasteiger partial charge in [0.25, 0.3) is 0 Å². The van der Waals surface area contributed by atoms with E-state index < -0.39 is 6.16 Å². The molecule has 0 bridgehead atoms.